The predicted octanol–water partition coefficient (Wildman–Crippen LogP) is 3.24. The van der Waals surface area contributed by atoms with Crippen molar-refractivity contribution in [1.29, 1.82) is 0 Å². The van der Waals surface area contributed by atoms with Crippen LogP contribution in [0.3, 0.4) is 0 Å². The molecule has 0 amide bonds. The summed E-state index contributed by atoms with van der Waals surface area (Å²) in [6.45, 7) is 0. The molecule has 0 bridgehead atoms. The number of methoxy groups -OCH3 is 2. The van der Waals surface area contributed by atoms with Crippen LogP contribution in [0.1, 0.15) is 23.5 Å². The second-order valence-corrected chi connectivity index (χ2v) is 6.28. The third-order valence-corrected chi connectivity index (χ3v) is 4.46. The minimum atomic E-state index is -0.969. The summed E-state index contributed by atoms with van der Waals surface area (Å²) in [6.07, 6.45) is 0.282. The van der Waals surface area contributed by atoms with Gasteiger partial charge in [0.15, 0.2) is 5.92 Å². The molecule has 0 N–H and O–H groups in total. The highest BCUT2D eigenvalue weighted by molar-refractivity contribution is 5.94. The molecule has 0 heterocycles. The van der Waals surface area contributed by atoms with E-state index in [1.54, 1.807) is 0 Å². The highest BCUT2D eigenvalue weighted by atomic mass is 16.5. The Labute approximate surface area is 154 Å². The first-order chi connectivity index (χ1) is 12.5. The van der Waals surface area contributed by atoms with Crippen molar-refractivity contribution in [2.24, 2.45) is 5.92 Å². The van der Waals surface area contributed by atoms with Crippen molar-refractivity contribution in [1.82, 2.24) is 0 Å². The van der Waals surface area contributed by atoms with Gasteiger partial charge in [-0.3, -0.25) is 9.59 Å². The van der Waals surface area contributed by atoms with Crippen LogP contribution in [0.2, 0.25) is 0 Å². The first-order valence-corrected chi connectivity index (χ1v) is 8.45. The molecule has 0 aliphatic carbocycles. The van der Waals surface area contributed by atoms with Gasteiger partial charge < -0.3 is 14.4 Å². The van der Waals surface area contributed by atoms with Crippen molar-refractivity contribution >= 4 is 17.6 Å². The van der Waals surface area contributed by atoms with Gasteiger partial charge in [-0.1, -0.05) is 42.5 Å². The van der Waals surface area contributed by atoms with Crippen LogP contribution in [-0.4, -0.2) is 40.3 Å². The van der Waals surface area contributed by atoms with Gasteiger partial charge in [0, 0.05) is 25.7 Å². The van der Waals surface area contributed by atoms with Crippen LogP contribution in [-0.2, 0) is 19.1 Å². The van der Waals surface area contributed by atoms with Gasteiger partial charge in [-0.15, -0.1) is 0 Å². The minimum absolute atomic E-state index is 0.129. The second kappa shape index (κ2) is 9.04. The number of ether oxygens (including phenoxy) is 2. The van der Waals surface area contributed by atoms with Crippen molar-refractivity contribution < 1.29 is 19.1 Å². The fraction of sp³-hybridized carbons (Fsp3) is 0.333. The van der Waals surface area contributed by atoms with Gasteiger partial charge in [0.2, 0.25) is 0 Å². The van der Waals surface area contributed by atoms with Gasteiger partial charge in [0.1, 0.15) is 0 Å². The quantitative estimate of drug-likeness (QED) is 0.564. The first-order valence-electron chi connectivity index (χ1n) is 8.45. The lowest BCUT2D eigenvalue weighted by Gasteiger charge is -2.22. The molecule has 2 aromatic rings. The molecule has 0 saturated heterocycles. The normalized spacial score (nSPS) is 11.7. The zero-order valence-electron chi connectivity index (χ0n) is 15.6. The largest absolute Gasteiger partial charge is 0.468 e. The topological polar surface area (TPSA) is 55.8 Å². The van der Waals surface area contributed by atoms with Gasteiger partial charge in [-0.05, 0) is 29.7 Å². The van der Waals surface area contributed by atoms with Gasteiger partial charge in [0.05, 0.1) is 14.2 Å². The van der Waals surface area contributed by atoms with Gasteiger partial charge in [-0.2, -0.15) is 0 Å². The molecule has 2 aromatic carbocycles. The van der Waals surface area contributed by atoms with Crippen LogP contribution in [0.25, 0.3) is 0 Å². The van der Waals surface area contributed by atoms with E-state index in [0.717, 1.165) is 16.8 Å². The number of hydrogen-bond donors (Lipinski definition) is 0. The first kappa shape index (κ1) is 19.5. The summed E-state index contributed by atoms with van der Waals surface area (Å²) in [5.41, 5.74) is 3.14. The number of anilines is 1. The maximum Gasteiger partial charge on any atom is 0.320 e. The molecule has 2 rings (SSSR count). The van der Waals surface area contributed by atoms with Crippen LogP contribution in [0.4, 0.5) is 5.69 Å². The predicted molar refractivity (Wildman–Crippen MR) is 101 cm³/mol. The fourth-order valence-electron chi connectivity index (χ4n) is 2.96. The van der Waals surface area contributed by atoms with Crippen LogP contribution in [0, 0.1) is 5.92 Å². The molecule has 0 aliphatic rings. The molecule has 26 heavy (non-hydrogen) atoms. The Morgan fingerprint density at radius 1 is 0.846 bits per heavy atom. The van der Waals surface area contributed by atoms with Crippen LogP contribution < -0.4 is 4.90 Å². The summed E-state index contributed by atoms with van der Waals surface area (Å²) in [4.78, 5) is 26.3. The van der Waals surface area contributed by atoms with Crippen LogP contribution >= 0.6 is 0 Å². The van der Waals surface area contributed by atoms with Crippen LogP contribution in [0.5, 0.6) is 0 Å². The van der Waals surface area contributed by atoms with Gasteiger partial charge >= 0.3 is 11.9 Å². The zero-order chi connectivity index (χ0) is 19.1. The third kappa shape index (κ3) is 4.63. The standard InChI is InChI=1S/C21H25NO4/c1-22(2)17-12-10-16(11-13-17)18(15-8-6-5-7-9-15)14-19(20(23)25-3)21(24)26-4/h5-13,18-19H,14H2,1-4H3. The smallest absolute Gasteiger partial charge is 0.320 e. The maximum atomic E-state index is 12.1. The van der Waals surface area contributed by atoms with Crippen molar-refractivity contribution in [3.05, 3.63) is 65.7 Å². The van der Waals surface area contributed by atoms with E-state index in [0.29, 0.717) is 0 Å². The van der Waals surface area contributed by atoms with E-state index in [1.807, 2.05) is 73.6 Å². The number of rotatable bonds is 7. The average molecular weight is 355 g/mol. The summed E-state index contributed by atoms with van der Waals surface area (Å²) in [6, 6.07) is 17.9. The molecule has 0 saturated carbocycles. The second-order valence-electron chi connectivity index (χ2n) is 6.28. The van der Waals surface area contributed by atoms with Crippen molar-refractivity contribution in [2.75, 3.05) is 33.2 Å². The Morgan fingerprint density at radius 3 is 1.81 bits per heavy atom. The summed E-state index contributed by atoms with van der Waals surface area (Å²) in [5, 5.41) is 0. The number of carbonyl (C=O) groups is 2. The lowest BCUT2D eigenvalue weighted by molar-refractivity contribution is -0.159. The number of esters is 2. The van der Waals surface area contributed by atoms with E-state index in [4.69, 9.17) is 9.47 Å². The summed E-state index contributed by atoms with van der Waals surface area (Å²) in [5.74, 6) is -2.26. The number of carbonyl (C=O) groups excluding carboxylic acids is 2. The Hall–Kier alpha value is -2.82. The molecule has 138 valence electrons. The molecular formula is C21H25NO4. The Balaban J connectivity index is 2.41. The fourth-order valence-corrected chi connectivity index (χ4v) is 2.96. The Kier molecular flexibility index (Phi) is 6.78. The Morgan fingerprint density at radius 2 is 1.35 bits per heavy atom. The zero-order valence-corrected chi connectivity index (χ0v) is 15.6. The molecule has 0 aliphatic heterocycles. The lowest BCUT2D eigenvalue weighted by atomic mass is 9.83. The molecule has 0 fully saturated rings. The van der Waals surface area contributed by atoms with E-state index in [1.165, 1.54) is 14.2 Å². The van der Waals surface area contributed by atoms with Crippen molar-refractivity contribution in [3.63, 3.8) is 0 Å². The maximum absolute atomic E-state index is 12.1. The third-order valence-electron chi connectivity index (χ3n) is 4.46. The molecule has 5 nitrogen and oxygen atoms in total. The van der Waals surface area contributed by atoms with E-state index < -0.39 is 17.9 Å². The summed E-state index contributed by atoms with van der Waals surface area (Å²) >= 11 is 0. The summed E-state index contributed by atoms with van der Waals surface area (Å²) in [7, 11) is 6.52. The molecule has 1 atom stereocenters. The highest BCUT2D eigenvalue weighted by Gasteiger charge is 2.32. The van der Waals surface area contributed by atoms with Gasteiger partial charge in [-0.25, -0.2) is 0 Å². The van der Waals surface area contributed by atoms with Crippen LogP contribution in [0.15, 0.2) is 54.6 Å². The Bertz CT molecular complexity index is 709. The van der Waals surface area contributed by atoms with Crippen molar-refractivity contribution in [2.45, 2.75) is 12.3 Å². The van der Waals surface area contributed by atoms with Gasteiger partial charge in [0.25, 0.3) is 0 Å². The van der Waals surface area contributed by atoms with E-state index in [2.05, 4.69) is 0 Å². The number of benzene rings is 2. The monoisotopic (exact) mass is 355 g/mol. The summed E-state index contributed by atoms with van der Waals surface area (Å²) < 4.78 is 9.62. The number of nitrogens with zero attached hydrogens (tertiary/aromatic N) is 1. The molecular weight excluding hydrogens is 330 g/mol. The molecule has 0 aromatic heterocycles. The molecule has 0 radical (unpaired) electrons. The molecule has 5 heteroatoms. The molecule has 0 spiro atoms. The van der Waals surface area contributed by atoms with E-state index in [9.17, 15) is 9.59 Å². The minimum Gasteiger partial charge on any atom is -0.468 e. The van der Waals surface area contributed by atoms with E-state index in [-0.39, 0.29) is 12.3 Å². The number of hydrogen-bond acceptors (Lipinski definition) is 5. The van der Waals surface area contributed by atoms with E-state index >= 15 is 0 Å². The van der Waals surface area contributed by atoms with Crippen molar-refractivity contribution in [3.8, 4) is 0 Å². The molecule has 1 unspecified atom stereocenters. The lowest BCUT2D eigenvalue weighted by Crippen LogP contribution is -2.28. The SMILES string of the molecule is COC(=O)C(CC(c1ccccc1)c1ccc(N(C)C)cc1)C(=O)OC. The highest BCUT2D eigenvalue weighted by Crippen LogP contribution is 2.33. The average Bonchev–Trinajstić information content (AvgIpc) is 2.68.